The first-order chi connectivity index (χ1) is 16.4. The average molecular weight is 484 g/mol. The number of piperazine rings is 1. The third kappa shape index (κ3) is 7.33. The largest absolute Gasteiger partial charge is 0.481 e. The quantitative estimate of drug-likeness (QED) is 0.450. The Kier molecular flexibility index (Phi) is 9.53. The lowest BCUT2D eigenvalue weighted by molar-refractivity contribution is -0.149. The molecular weight excluding hydrogens is 450 g/mol. The average Bonchev–Trinajstić information content (AvgIpc) is 2.83. The molecule has 0 aliphatic carbocycles. The number of thiol groups is 1. The molecule has 3 atom stereocenters. The maximum atomic E-state index is 13.3. The van der Waals surface area contributed by atoms with E-state index in [4.69, 9.17) is 5.73 Å². The van der Waals surface area contributed by atoms with E-state index in [1.807, 2.05) is 60.7 Å². The van der Waals surface area contributed by atoms with Crippen LogP contribution in [0, 0.1) is 5.92 Å². The van der Waals surface area contributed by atoms with Crippen molar-refractivity contribution in [2.24, 2.45) is 11.7 Å². The maximum absolute atomic E-state index is 13.3. The monoisotopic (exact) mass is 483 g/mol. The number of carboxylic acid groups (broad SMARTS) is 1. The third-order valence-corrected chi connectivity index (χ3v) is 6.64. The first-order valence-electron chi connectivity index (χ1n) is 11.6. The van der Waals surface area contributed by atoms with Crippen molar-refractivity contribution in [2.75, 3.05) is 25.4 Å². The van der Waals surface area contributed by atoms with E-state index >= 15 is 0 Å². The predicted octanol–water partition coefficient (Wildman–Crippen LogP) is 2.25. The van der Waals surface area contributed by atoms with Crippen LogP contribution in [0.15, 0.2) is 60.7 Å². The van der Waals surface area contributed by atoms with Crippen molar-refractivity contribution >= 4 is 30.4 Å². The van der Waals surface area contributed by atoms with Crippen molar-refractivity contribution in [1.29, 1.82) is 0 Å². The molecule has 8 heteroatoms. The van der Waals surface area contributed by atoms with Gasteiger partial charge in [-0.1, -0.05) is 60.7 Å². The van der Waals surface area contributed by atoms with Gasteiger partial charge in [0.15, 0.2) is 0 Å². The lowest BCUT2D eigenvalue weighted by atomic mass is 9.97. The van der Waals surface area contributed by atoms with Crippen LogP contribution in [-0.2, 0) is 27.2 Å². The van der Waals surface area contributed by atoms with E-state index in [0.717, 1.165) is 11.1 Å². The Morgan fingerprint density at radius 2 is 1.56 bits per heavy atom. The number of carbonyl (C=O) groups is 3. The summed E-state index contributed by atoms with van der Waals surface area (Å²) in [5.74, 6) is -1.22. The second-order valence-corrected chi connectivity index (χ2v) is 9.21. The summed E-state index contributed by atoms with van der Waals surface area (Å²) in [7, 11) is 0. The number of hydrogen-bond acceptors (Lipinski definition) is 5. The van der Waals surface area contributed by atoms with E-state index in [9.17, 15) is 19.5 Å². The van der Waals surface area contributed by atoms with Gasteiger partial charge in [-0.15, -0.1) is 0 Å². The molecule has 34 heavy (non-hydrogen) atoms. The second-order valence-electron chi connectivity index (χ2n) is 8.85. The summed E-state index contributed by atoms with van der Waals surface area (Å²) in [5.41, 5.74) is 8.32. The van der Waals surface area contributed by atoms with Gasteiger partial charge in [0.2, 0.25) is 11.8 Å². The van der Waals surface area contributed by atoms with Crippen LogP contribution in [0.3, 0.4) is 0 Å². The number of nitrogens with two attached hydrogens (primary N) is 1. The van der Waals surface area contributed by atoms with Gasteiger partial charge in [0, 0.05) is 37.8 Å². The molecule has 7 nitrogen and oxygen atoms in total. The molecular formula is C26H33N3O4S. The molecule has 1 aliphatic rings. The zero-order valence-corrected chi connectivity index (χ0v) is 20.1. The SMILES string of the molecule is NC(CC(=O)N1CCN(C(=O)C(CS)Cc2ccccc2)C(CC(=O)O)C1)Cc1ccccc1. The normalized spacial score (nSPS) is 17.8. The summed E-state index contributed by atoms with van der Waals surface area (Å²) in [6.45, 7) is 0.860. The number of benzene rings is 2. The van der Waals surface area contributed by atoms with Crippen molar-refractivity contribution in [3.63, 3.8) is 0 Å². The highest BCUT2D eigenvalue weighted by Crippen LogP contribution is 2.21. The molecule has 1 heterocycles. The molecule has 0 bridgehead atoms. The Morgan fingerprint density at radius 1 is 0.971 bits per heavy atom. The minimum atomic E-state index is -0.997. The molecule has 1 saturated heterocycles. The second kappa shape index (κ2) is 12.6. The smallest absolute Gasteiger partial charge is 0.305 e. The molecule has 3 N–H and O–H groups in total. The summed E-state index contributed by atoms with van der Waals surface area (Å²) in [6, 6.07) is 18.6. The Morgan fingerprint density at radius 3 is 2.12 bits per heavy atom. The number of carboxylic acids is 1. The van der Waals surface area contributed by atoms with E-state index in [2.05, 4.69) is 12.6 Å². The minimum absolute atomic E-state index is 0.110. The molecule has 1 fully saturated rings. The molecule has 2 aromatic rings. The van der Waals surface area contributed by atoms with Gasteiger partial charge in [0.05, 0.1) is 18.4 Å². The van der Waals surface area contributed by atoms with Crippen molar-refractivity contribution in [3.8, 4) is 0 Å². The Labute approximate surface area is 206 Å². The van der Waals surface area contributed by atoms with E-state index in [-0.39, 0.29) is 43.2 Å². The van der Waals surface area contributed by atoms with Crippen molar-refractivity contribution in [3.05, 3.63) is 71.8 Å². The molecule has 0 radical (unpaired) electrons. The van der Waals surface area contributed by atoms with Gasteiger partial charge in [-0.25, -0.2) is 0 Å². The van der Waals surface area contributed by atoms with Gasteiger partial charge < -0.3 is 20.6 Å². The fourth-order valence-corrected chi connectivity index (χ4v) is 4.74. The molecule has 2 aromatic carbocycles. The summed E-state index contributed by atoms with van der Waals surface area (Å²) >= 11 is 4.39. The molecule has 3 unspecified atom stereocenters. The van der Waals surface area contributed by atoms with E-state index in [1.165, 1.54) is 0 Å². The first kappa shape index (κ1) is 25.8. The topological polar surface area (TPSA) is 104 Å². The van der Waals surface area contributed by atoms with Crippen LogP contribution in [0.25, 0.3) is 0 Å². The van der Waals surface area contributed by atoms with Crippen molar-refractivity contribution in [1.82, 2.24) is 9.80 Å². The number of amides is 2. The molecule has 3 rings (SSSR count). The van der Waals surface area contributed by atoms with Crippen LogP contribution in [-0.4, -0.2) is 70.2 Å². The van der Waals surface area contributed by atoms with Gasteiger partial charge in [-0.2, -0.15) is 12.6 Å². The van der Waals surface area contributed by atoms with E-state index in [0.29, 0.717) is 31.7 Å². The van der Waals surface area contributed by atoms with Crippen LogP contribution in [0.1, 0.15) is 24.0 Å². The molecule has 182 valence electrons. The maximum Gasteiger partial charge on any atom is 0.305 e. The predicted molar refractivity (Wildman–Crippen MR) is 135 cm³/mol. The van der Waals surface area contributed by atoms with Gasteiger partial charge >= 0.3 is 5.97 Å². The van der Waals surface area contributed by atoms with Gasteiger partial charge in [0.25, 0.3) is 0 Å². The highest BCUT2D eigenvalue weighted by molar-refractivity contribution is 7.80. The van der Waals surface area contributed by atoms with Gasteiger partial charge in [-0.05, 0) is 24.0 Å². The highest BCUT2D eigenvalue weighted by atomic mass is 32.1. The summed E-state index contributed by atoms with van der Waals surface area (Å²) in [4.78, 5) is 41.1. The van der Waals surface area contributed by atoms with Crippen molar-refractivity contribution in [2.45, 2.75) is 37.8 Å². The van der Waals surface area contributed by atoms with Crippen LogP contribution in [0.2, 0.25) is 0 Å². The van der Waals surface area contributed by atoms with Gasteiger partial charge in [0.1, 0.15) is 0 Å². The van der Waals surface area contributed by atoms with Crippen LogP contribution >= 0.6 is 12.6 Å². The number of nitrogens with zero attached hydrogens (tertiary/aromatic N) is 2. The molecule has 0 saturated carbocycles. The van der Waals surface area contributed by atoms with E-state index < -0.39 is 12.0 Å². The molecule has 2 amide bonds. The zero-order valence-electron chi connectivity index (χ0n) is 19.3. The van der Waals surface area contributed by atoms with Gasteiger partial charge in [-0.3, -0.25) is 14.4 Å². The molecule has 0 aromatic heterocycles. The summed E-state index contributed by atoms with van der Waals surface area (Å²) < 4.78 is 0. The lowest BCUT2D eigenvalue weighted by Gasteiger charge is -2.42. The number of rotatable bonds is 10. The van der Waals surface area contributed by atoms with Crippen LogP contribution in [0.4, 0.5) is 0 Å². The third-order valence-electron chi connectivity index (χ3n) is 6.20. The van der Waals surface area contributed by atoms with Crippen LogP contribution < -0.4 is 5.73 Å². The number of carbonyl (C=O) groups excluding carboxylic acids is 2. The first-order valence-corrected chi connectivity index (χ1v) is 12.2. The minimum Gasteiger partial charge on any atom is -0.481 e. The summed E-state index contributed by atoms with van der Waals surface area (Å²) in [6.07, 6.45) is 1.09. The zero-order chi connectivity index (χ0) is 24.5. The fraction of sp³-hybridized carbons (Fsp3) is 0.423. The standard InChI is InChI=1S/C26H33N3O4S/c27-22(14-20-9-5-2-6-10-20)15-24(30)28-11-12-29(23(17-28)16-25(31)32)26(33)21(18-34)13-19-7-3-1-4-8-19/h1-10,21-23,34H,11-18,27H2,(H,31,32). The lowest BCUT2D eigenvalue weighted by Crippen LogP contribution is -2.58. The number of hydrogen-bond donors (Lipinski definition) is 3. The molecule has 0 spiro atoms. The Bertz CT molecular complexity index is 957. The van der Waals surface area contributed by atoms with Crippen molar-refractivity contribution < 1.29 is 19.5 Å². The number of aliphatic carboxylic acids is 1. The van der Waals surface area contributed by atoms with Crippen LogP contribution in [0.5, 0.6) is 0 Å². The highest BCUT2D eigenvalue weighted by Gasteiger charge is 2.36. The van der Waals surface area contributed by atoms with E-state index in [1.54, 1.807) is 9.80 Å². The molecule has 1 aliphatic heterocycles. The Hall–Kier alpha value is -2.84. The Balaban J connectivity index is 1.63. The summed E-state index contributed by atoms with van der Waals surface area (Å²) in [5, 5.41) is 9.45. The fourth-order valence-electron chi connectivity index (χ4n) is 4.45.